The van der Waals surface area contributed by atoms with E-state index in [4.69, 9.17) is 9.15 Å². The van der Waals surface area contributed by atoms with Crippen molar-refractivity contribution in [3.05, 3.63) is 77.3 Å². The van der Waals surface area contributed by atoms with E-state index in [0.717, 1.165) is 29.7 Å². The summed E-state index contributed by atoms with van der Waals surface area (Å²) in [4.78, 5) is 20.3. The molecule has 0 aliphatic rings. The maximum atomic E-state index is 12.7. The van der Waals surface area contributed by atoms with Gasteiger partial charge in [-0.15, -0.1) is 0 Å². The Bertz CT molecular complexity index is 970. The van der Waals surface area contributed by atoms with Gasteiger partial charge in [-0.1, -0.05) is 12.1 Å². The van der Waals surface area contributed by atoms with E-state index in [1.165, 1.54) is 12.1 Å². The van der Waals surface area contributed by atoms with Crippen LogP contribution in [0.1, 0.15) is 33.2 Å². The number of oxazole rings is 1. The zero-order chi connectivity index (χ0) is 20.1. The highest BCUT2D eigenvalue weighted by molar-refractivity contribution is 5.91. The molecule has 0 unspecified atom stereocenters. The Labute approximate surface area is 158 Å². The molecule has 0 aliphatic carbocycles. The van der Waals surface area contributed by atoms with Gasteiger partial charge in [-0.25, -0.2) is 4.98 Å². The summed E-state index contributed by atoms with van der Waals surface area (Å²) < 4.78 is 48.5. The number of alkyl halides is 3. The number of rotatable bonds is 6. The number of carbonyl (C=O) groups excluding carboxylic acids is 1. The number of ether oxygens (including phenoxy) is 1. The molecule has 0 spiro atoms. The molecule has 1 amide bonds. The van der Waals surface area contributed by atoms with Crippen molar-refractivity contribution in [3.63, 3.8) is 0 Å². The van der Waals surface area contributed by atoms with Crippen LogP contribution in [0.25, 0.3) is 0 Å². The smallest absolute Gasteiger partial charge is 0.416 e. The summed E-state index contributed by atoms with van der Waals surface area (Å²) in [6, 6.07) is 8.14. The first-order valence-corrected chi connectivity index (χ1v) is 8.26. The van der Waals surface area contributed by atoms with Crippen LogP contribution in [0.15, 0.2) is 53.3 Å². The third-order valence-corrected chi connectivity index (χ3v) is 3.84. The number of halogens is 3. The van der Waals surface area contributed by atoms with Crippen molar-refractivity contribution < 1.29 is 27.1 Å². The van der Waals surface area contributed by atoms with Crippen molar-refractivity contribution >= 4 is 5.91 Å². The molecule has 0 bridgehead atoms. The lowest BCUT2D eigenvalue weighted by molar-refractivity contribution is -0.137. The van der Waals surface area contributed by atoms with Crippen LogP contribution in [0.3, 0.4) is 0 Å². The summed E-state index contributed by atoms with van der Waals surface area (Å²) in [6.07, 6.45) is -1.67. The number of aromatic nitrogens is 2. The van der Waals surface area contributed by atoms with Gasteiger partial charge in [0.2, 0.25) is 5.89 Å². The van der Waals surface area contributed by atoms with E-state index < -0.39 is 17.6 Å². The topological polar surface area (TPSA) is 77.2 Å². The van der Waals surface area contributed by atoms with Crippen LogP contribution in [0.5, 0.6) is 5.75 Å². The maximum absolute atomic E-state index is 12.7. The molecular weight excluding hydrogens is 375 g/mol. The molecule has 3 aromatic rings. The Hall–Kier alpha value is -3.36. The molecule has 0 radical (unpaired) electrons. The summed E-state index contributed by atoms with van der Waals surface area (Å²) in [6.45, 7) is 1.90. The predicted molar refractivity (Wildman–Crippen MR) is 92.4 cm³/mol. The summed E-state index contributed by atoms with van der Waals surface area (Å²) >= 11 is 0. The number of hydrogen-bond donors (Lipinski definition) is 1. The zero-order valence-corrected chi connectivity index (χ0v) is 14.8. The van der Waals surface area contributed by atoms with Gasteiger partial charge in [-0.3, -0.25) is 9.78 Å². The van der Waals surface area contributed by atoms with E-state index in [1.54, 1.807) is 12.3 Å². The maximum Gasteiger partial charge on any atom is 0.416 e. The number of hydrogen-bond acceptors (Lipinski definition) is 5. The molecule has 0 atom stereocenters. The van der Waals surface area contributed by atoms with E-state index in [2.05, 4.69) is 15.3 Å². The number of carbonyl (C=O) groups is 1. The largest absolute Gasteiger partial charge is 0.484 e. The molecule has 1 N–H and O–H groups in total. The number of nitrogens with one attached hydrogen (secondary N) is 1. The Morgan fingerprint density at radius 1 is 1.25 bits per heavy atom. The molecule has 3 rings (SSSR count). The fourth-order valence-corrected chi connectivity index (χ4v) is 2.35. The predicted octanol–water partition coefficient (Wildman–Crippen LogP) is 3.91. The Kier molecular flexibility index (Phi) is 5.62. The molecule has 0 saturated heterocycles. The number of aryl methyl sites for hydroxylation is 1. The van der Waals surface area contributed by atoms with Crippen molar-refractivity contribution in [2.45, 2.75) is 26.3 Å². The SMILES string of the molecule is Cc1cccnc1CNC(=O)c1coc(COc2cccc(C(F)(F)F)c2)n1. The molecule has 6 nitrogen and oxygen atoms in total. The van der Waals surface area contributed by atoms with Crippen LogP contribution in [-0.2, 0) is 19.3 Å². The number of pyridine rings is 1. The number of amides is 1. The van der Waals surface area contributed by atoms with Crippen LogP contribution in [0.2, 0.25) is 0 Å². The fraction of sp³-hybridized carbons (Fsp3) is 0.211. The van der Waals surface area contributed by atoms with Gasteiger partial charge in [-0.05, 0) is 36.8 Å². The highest BCUT2D eigenvalue weighted by Crippen LogP contribution is 2.31. The molecule has 9 heteroatoms. The molecule has 0 saturated carbocycles. The van der Waals surface area contributed by atoms with E-state index >= 15 is 0 Å². The van der Waals surface area contributed by atoms with Gasteiger partial charge < -0.3 is 14.5 Å². The number of benzene rings is 1. The zero-order valence-electron chi connectivity index (χ0n) is 14.8. The average molecular weight is 391 g/mol. The lowest BCUT2D eigenvalue weighted by Gasteiger charge is -2.09. The van der Waals surface area contributed by atoms with Gasteiger partial charge in [-0.2, -0.15) is 13.2 Å². The molecule has 0 aliphatic heterocycles. The number of nitrogens with zero attached hydrogens (tertiary/aromatic N) is 2. The normalized spacial score (nSPS) is 11.3. The van der Waals surface area contributed by atoms with Crippen LogP contribution in [0.4, 0.5) is 13.2 Å². The van der Waals surface area contributed by atoms with Gasteiger partial charge in [0.1, 0.15) is 12.0 Å². The first kappa shape index (κ1) is 19.4. The van der Waals surface area contributed by atoms with Crippen molar-refractivity contribution in [3.8, 4) is 5.75 Å². The van der Waals surface area contributed by atoms with Gasteiger partial charge in [0.15, 0.2) is 12.3 Å². The second-order valence-corrected chi connectivity index (χ2v) is 5.89. The van der Waals surface area contributed by atoms with Gasteiger partial charge >= 0.3 is 6.18 Å². The van der Waals surface area contributed by atoms with Crippen LogP contribution in [0, 0.1) is 6.92 Å². The quantitative estimate of drug-likeness (QED) is 0.690. The molecule has 2 aromatic heterocycles. The minimum absolute atomic E-state index is 0.0182. The second kappa shape index (κ2) is 8.12. The Balaban J connectivity index is 1.57. The lowest BCUT2D eigenvalue weighted by Crippen LogP contribution is -2.24. The summed E-state index contributed by atoms with van der Waals surface area (Å²) in [7, 11) is 0. The Morgan fingerprint density at radius 3 is 2.82 bits per heavy atom. The monoisotopic (exact) mass is 391 g/mol. The van der Waals surface area contributed by atoms with Crippen molar-refractivity contribution in [2.24, 2.45) is 0 Å². The third kappa shape index (κ3) is 4.87. The minimum atomic E-state index is -4.46. The van der Waals surface area contributed by atoms with Crippen molar-refractivity contribution in [1.29, 1.82) is 0 Å². The van der Waals surface area contributed by atoms with E-state index in [-0.39, 0.29) is 30.5 Å². The summed E-state index contributed by atoms with van der Waals surface area (Å²) in [5.74, 6) is -0.375. The van der Waals surface area contributed by atoms with Gasteiger partial charge in [0.05, 0.1) is 17.8 Å². The minimum Gasteiger partial charge on any atom is -0.484 e. The van der Waals surface area contributed by atoms with Crippen LogP contribution < -0.4 is 10.1 Å². The van der Waals surface area contributed by atoms with Gasteiger partial charge in [0, 0.05) is 6.20 Å². The summed E-state index contributed by atoms with van der Waals surface area (Å²) in [5, 5.41) is 2.68. The van der Waals surface area contributed by atoms with E-state index in [0.29, 0.717) is 0 Å². The molecule has 0 fully saturated rings. The molecule has 2 heterocycles. The molecule has 146 valence electrons. The highest BCUT2D eigenvalue weighted by atomic mass is 19.4. The first-order valence-electron chi connectivity index (χ1n) is 8.26. The van der Waals surface area contributed by atoms with Gasteiger partial charge in [0.25, 0.3) is 5.91 Å². The standard InChI is InChI=1S/C19H16F3N3O3/c1-12-4-3-7-23-15(12)9-24-18(26)16-10-28-17(25-16)11-27-14-6-2-5-13(8-14)19(20,21)22/h2-8,10H,9,11H2,1H3,(H,24,26). The molecular formula is C19H16F3N3O3. The van der Waals surface area contributed by atoms with Crippen LogP contribution >= 0.6 is 0 Å². The third-order valence-electron chi connectivity index (χ3n) is 3.84. The first-order chi connectivity index (χ1) is 13.3. The van der Waals surface area contributed by atoms with Crippen molar-refractivity contribution in [1.82, 2.24) is 15.3 Å². The van der Waals surface area contributed by atoms with E-state index in [1.807, 2.05) is 13.0 Å². The molecule has 28 heavy (non-hydrogen) atoms. The lowest BCUT2D eigenvalue weighted by atomic mass is 10.2. The van der Waals surface area contributed by atoms with Crippen LogP contribution in [-0.4, -0.2) is 15.9 Å². The molecule has 1 aromatic carbocycles. The van der Waals surface area contributed by atoms with Crippen molar-refractivity contribution in [2.75, 3.05) is 0 Å². The fourth-order valence-electron chi connectivity index (χ4n) is 2.35. The average Bonchev–Trinajstić information content (AvgIpc) is 3.14. The van der Waals surface area contributed by atoms with E-state index in [9.17, 15) is 18.0 Å². The second-order valence-electron chi connectivity index (χ2n) is 5.89. The Morgan fingerprint density at radius 2 is 2.07 bits per heavy atom. The summed E-state index contributed by atoms with van der Waals surface area (Å²) in [5.41, 5.74) is 0.893. The highest BCUT2D eigenvalue weighted by Gasteiger charge is 2.30.